The van der Waals surface area contributed by atoms with Crippen LogP contribution in [-0.2, 0) is 6.42 Å². The van der Waals surface area contributed by atoms with Gasteiger partial charge in [-0.15, -0.1) is 23.5 Å². The predicted molar refractivity (Wildman–Crippen MR) is 93.3 cm³/mol. The highest BCUT2D eigenvalue weighted by atomic mass is 32.2. The summed E-state index contributed by atoms with van der Waals surface area (Å²) in [5.74, 6) is 0.884. The van der Waals surface area contributed by atoms with E-state index in [1.165, 1.54) is 15.4 Å². The van der Waals surface area contributed by atoms with E-state index in [1.54, 1.807) is 0 Å². The molecule has 0 N–H and O–H groups in total. The third kappa shape index (κ3) is 5.04. The first-order chi connectivity index (χ1) is 10.1. The Labute approximate surface area is 136 Å². The summed E-state index contributed by atoms with van der Waals surface area (Å²) < 4.78 is 0. The molecule has 2 nitrogen and oxygen atoms in total. The van der Waals surface area contributed by atoms with Gasteiger partial charge in [0.15, 0.2) is 0 Å². The largest absolute Gasteiger partial charge is 0.241 e. The second-order valence-electron chi connectivity index (χ2n) is 5.42. The van der Waals surface area contributed by atoms with Crippen LogP contribution in [0.3, 0.4) is 0 Å². The minimum absolute atomic E-state index is 0.564. The monoisotopic (exact) mass is 318 g/mol. The van der Waals surface area contributed by atoms with Gasteiger partial charge in [0.1, 0.15) is 5.82 Å². The normalized spacial score (nSPS) is 11.3. The van der Waals surface area contributed by atoms with Gasteiger partial charge in [-0.2, -0.15) is 0 Å². The van der Waals surface area contributed by atoms with Crippen LogP contribution in [0.15, 0.2) is 46.5 Å². The van der Waals surface area contributed by atoms with E-state index in [-0.39, 0.29) is 0 Å². The van der Waals surface area contributed by atoms with Gasteiger partial charge in [0.25, 0.3) is 0 Å². The second kappa shape index (κ2) is 7.85. The maximum atomic E-state index is 4.36. The van der Waals surface area contributed by atoms with E-state index in [2.05, 4.69) is 55.9 Å². The first-order valence-corrected chi connectivity index (χ1v) is 9.03. The molecule has 2 aromatic rings. The van der Waals surface area contributed by atoms with Crippen LogP contribution in [0, 0.1) is 0 Å². The third-order valence-corrected chi connectivity index (χ3v) is 5.13. The average Bonchev–Trinajstić information content (AvgIpc) is 2.42. The highest BCUT2D eigenvalue weighted by Gasteiger charge is 2.13. The van der Waals surface area contributed by atoms with Crippen LogP contribution in [-0.4, -0.2) is 20.5 Å². The van der Waals surface area contributed by atoms with E-state index in [4.69, 9.17) is 0 Å². The van der Waals surface area contributed by atoms with Crippen LogP contribution in [0.4, 0.5) is 0 Å². The number of benzene rings is 1. The molecule has 0 aliphatic rings. The molecule has 1 aromatic carbocycles. The summed E-state index contributed by atoms with van der Waals surface area (Å²) in [6.07, 6.45) is 4.41. The standard InChI is InChI=1S/C17H22N2S2/c1-12(2)20-15-8-5-7-14(17(15)21-13(3)4)11-16-18-9-6-10-19-16/h5-10,12-13H,11H2,1-4H3. The molecule has 21 heavy (non-hydrogen) atoms. The Balaban J connectivity index is 2.34. The van der Waals surface area contributed by atoms with Gasteiger partial charge >= 0.3 is 0 Å². The number of hydrogen-bond donors (Lipinski definition) is 0. The molecule has 112 valence electrons. The van der Waals surface area contributed by atoms with Crippen molar-refractivity contribution in [3.8, 4) is 0 Å². The molecule has 2 rings (SSSR count). The molecule has 0 aliphatic heterocycles. The molecule has 0 fully saturated rings. The molecule has 0 aliphatic carbocycles. The van der Waals surface area contributed by atoms with Crippen molar-refractivity contribution in [2.45, 2.75) is 54.4 Å². The number of aromatic nitrogens is 2. The number of thioether (sulfide) groups is 2. The third-order valence-electron chi connectivity index (χ3n) is 2.74. The minimum Gasteiger partial charge on any atom is -0.241 e. The summed E-state index contributed by atoms with van der Waals surface area (Å²) in [5.41, 5.74) is 1.32. The molecule has 0 atom stereocenters. The lowest BCUT2D eigenvalue weighted by Gasteiger charge is -2.16. The van der Waals surface area contributed by atoms with Gasteiger partial charge < -0.3 is 0 Å². The summed E-state index contributed by atoms with van der Waals surface area (Å²) in [6.45, 7) is 8.96. The highest BCUT2D eigenvalue weighted by molar-refractivity contribution is 8.02. The fourth-order valence-electron chi connectivity index (χ4n) is 2.01. The van der Waals surface area contributed by atoms with Crippen LogP contribution >= 0.6 is 23.5 Å². The van der Waals surface area contributed by atoms with Crippen molar-refractivity contribution in [2.75, 3.05) is 0 Å². The summed E-state index contributed by atoms with van der Waals surface area (Å²) in [7, 11) is 0. The van der Waals surface area contributed by atoms with Gasteiger partial charge in [0, 0.05) is 39.1 Å². The Kier molecular flexibility index (Phi) is 6.12. The number of rotatable bonds is 6. The molecule has 0 amide bonds. The zero-order valence-electron chi connectivity index (χ0n) is 13.0. The Morgan fingerprint density at radius 1 is 0.905 bits per heavy atom. The SMILES string of the molecule is CC(C)Sc1cccc(Cc2ncccn2)c1SC(C)C. The Morgan fingerprint density at radius 2 is 1.57 bits per heavy atom. The van der Waals surface area contributed by atoms with Gasteiger partial charge in [0.2, 0.25) is 0 Å². The average molecular weight is 319 g/mol. The van der Waals surface area contributed by atoms with E-state index in [0.717, 1.165) is 12.2 Å². The van der Waals surface area contributed by atoms with Crippen molar-refractivity contribution < 1.29 is 0 Å². The fourth-order valence-corrected chi connectivity index (χ4v) is 4.15. The van der Waals surface area contributed by atoms with Gasteiger partial charge in [0.05, 0.1) is 0 Å². The minimum atomic E-state index is 0.564. The van der Waals surface area contributed by atoms with Gasteiger partial charge in [-0.05, 0) is 17.7 Å². The van der Waals surface area contributed by atoms with E-state index in [0.29, 0.717) is 10.5 Å². The van der Waals surface area contributed by atoms with E-state index in [9.17, 15) is 0 Å². The first kappa shape index (κ1) is 16.4. The lowest BCUT2D eigenvalue weighted by molar-refractivity contribution is 0.935. The van der Waals surface area contributed by atoms with Crippen molar-refractivity contribution in [1.29, 1.82) is 0 Å². The lowest BCUT2D eigenvalue weighted by atomic mass is 10.1. The summed E-state index contributed by atoms with van der Waals surface area (Å²) in [6, 6.07) is 8.43. The van der Waals surface area contributed by atoms with Crippen molar-refractivity contribution in [2.24, 2.45) is 0 Å². The molecule has 0 unspecified atom stereocenters. The van der Waals surface area contributed by atoms with E-state index < -0.39 is 0 Å². The molecule has 0 spiro atoms. The second-order valence-corrected chi connectivity index (χ2v) is 8.62. The summed E-state index contributed by atoms with van der Waals surface area (Å²) in [4.78, 5) is 11.5. The molecule has 1 heterocycles. The molecule has 0 bridgehead atoms. The molecule has 0 radical (unpaired) electrons. The van der Waals surface area contributed by atoms with E-state index in [1.807, 2.05) is 42.0 Å². The lowest BCUT2D eigenvalue weighted by Crippen LogP contribution is -2.00. The molecular weight excluding hydrogens is 296 g/mol. The number of hydrogen-bond acceptors (Lipinski definition) is 4. The van der Waals surface area contributed by atoms with Crippen LogP contribution in [0.5, 0.6) is 0 Å². The molecule has 0 saturated heterocycles. The maximum absolute atomic E-state index is 4.36. The Hall–Kier alpha value is -1.00. The topological polar surface area (TPSA) is 25.8 Å². The van der Waals surface area contributed by atoms with Crippen LogP contribution < -0.4 is 0 Å². The van der Waals surface area contributed by atoms with E-state index >= 15 is 0 Å². The smallest absolute Gasteiger partial charge is 0.132 e. The van der Waals surface area contributed by atoms with Crippen molar-refractivity contribution in [3.63, 3.8) is 0 Å². The molecule has 4 heteroatoms. The maximum Gasteiger partial charge on any atom is 0.132 e. The Bertz CT molecular complexity index is 568. The van der Waals surface area contributed by atoms with Crippen molar-refractivity contribution >= 4 is 23.5 Å². The van der Waals surface area contributed by atoms with Crippen LogP contribution in [0.2, 0.25) is 0 Å². The van der Waals surface area contributed by atoms with Crippen LogP contribution in [0.25, 0.3) is 0 Å². The Morgan fingerprint density at radius 3 is 2.19 bits per heavy atom. The summed E-state index contributed by atoms with van der Waals surface area (Å²) in [5, 5.41) is 1.15. The zero-order valence-corrected chi connectivity index (χ0v) is 14.7. The predicted octanol–water partition coefficient (Wildman–Crippen LogP) is 5.07. The fraction of sp³-hybridized carbons (Fsp3) is 0.412. The molecular formula is C17H22N2S2. The van der Waals surface area contributed by atoms with Gasteiger partial charge in [-0.3, -0.25) is 0 Å². The van der Waals surface area contributed by atoms with Gasteiger partial charge in [-0.1, -0.05) is 39.8 Å². The molecule has 0 saturated carbocycles. The zero-order chi connectivity index (χ0) is 15.2. The van der Waals surface area contributed by atoms with Gasteiger partial charge in [-0.25, -0.2) is 9.97 Å². The highest BCUT2D eigenvalue weighted by Crippen LogP contribution is 2.38. The quantitative estimate of drug-likeness (QED) is 0.695. The summed E-state index contributed by atoms with van der Waals surface area (Å²) >= 11 is 3.87. The molecule has 1 aromatic heterocycles. The first-order valence-electron chi connectivity index (χ1n) is 7.27. The van der Waals surface area contributed by atoms with Crippen LogP contribution in [0.1, 0.15) is 39.1 Å². The van der Waals surface area contributed by atoms with Crippen molar-refractivity contribution in [1.82, 2.24) is 9.97 Å². The van der Waals surface area contributed by atoms with Crippen molar-refractivity contribution in [3.05, 3.63) is 48.0 Å². The number of nitrogens with zero attached hydrogens (tertiary/aromatic N) is 2.